The second kappa shape index (κ2) is 3.72. The first-order chi connectivity index (χ1) is 5.25. The molecule has 2 N–H and O–H groups in total. The largest absolute Gasteiger partial charge is 0.289 e. The molecular formula is C8H15NO2. The lowest BCUT2D eigenvalue weighted by Crippen LogP contribution is -2.33. The average molecular weight is 157 g/mol. The van der Waals surface area contributed by atoms with Gasteiger partial charge in [0.1, 0.15) is 0 Å². The van der Waals surface area contributed by atoms with Gasteiger partial charge in [-0.25, -0.2) is 5.48 Å². The maximum absolute atomic E-state index is 11.0. The summed E-state index contributed by atoms with van der Waals surface area (Å²) in [6, 6.07) is 0. The Bertz CT molecular complexity index is 147. The topological polar surface area (TPSA) is 49.3 Å². The summed E-state index contributed by atoms with van der Waals surface area (Å²) in [6.45, 7) is 2.07. The molecule has 3 heteroatoms. The summed E-state index contributed by atoms with van der Waals surface area (Å²) in [5, 5.41) is 8.41. The lowest BCUT2D eigenvalue weighted by molar-refractivity contribution is -0.136. The fourth-order valence-corrected chi connectivity index (χ4v) is 1.79. The van der Waals surface area contributed by atoms with Crippen LogP contribution in [0.5, 0.6) is 0 Å². The molecule has 0 radical (unpaired) electrons. The highest BCUT2D eigenvalue weighted by atomic mass is 16.5. The highest BCUT2D eigenvalue weighted by Gasteiger charge is 2.27. The number of hydroxylamine groups is 1. The Balaban J connectivity index is 2.47. The number of hydrogen-bond acceptors (Lipinski definition) is 2. The van der Waals surface area contributed by atoms with Crippen LogP contribution in [-0.4, -0.2) is 11.1 Å². The van der Waals surface area contributed by atoms with Gasteiger partial charge in [0.05, 0.1) is 0 Å². The van der Waals surface area contributed by atoms with E-state index >= 15 is 0 Å². The first-order valence-corrected chi connectivity index (χ1v) is 4.19. The first kappa shape index (κ1) is 8.53. The molecule has 1 saturated carbocycles. The molecule has 1 amide bonds. The molecule has 1 fully saturated rings. The quantitative estimate of drug-likeness (QED) is 0.445. The van der Waals surface area contributed by atoms with Crippen molar-refractivity contribution < 1.29 is 10.0 Å². The molecule has 3 nitrogen and oxygen atoms in total. The van der Waals surface area contributed by atoms with E-state index in [1.54, 1.807) is 5.48 Å². The van der Waals surface area contributed by atoms with Crippen LogP contribution in [0.1, 0.15) is 32.6 Å². The van der Waals surface area contributed by atoms with Crippen molar-refractivity contribution in [2.75, 3.05) is 0 Å². The van der Waals surface area contributed by atoms with Gasteiger partial charge in [0.15, 0.2) is 0 Å². The average Bonchev–Trinajstić information content (AvgIpc) is 2.04. The summed E-state index contributed by atoms with van der Waals surface area (Å²) in [7, 11) is 0. The van der Waals surface area contributed by atoms with E-state index in [1.807, 2.05) is 0 Å². The Morgan fingerprint density at radius 1 is 1.45 bits per heavy atom. The SMILES string of the molecule is CC1CCCCC1C(=O)NO. The van der Waals surface area contributed by atoms with Crippen molar-refractivity contribution in [3.8, 4) is 0 Å². The van der Waals surface area contributed by atoms with E-state index in [4.69, 9.17) is 5.21 Å². The van der Waals surface area contributed by atoms with Crippen LogP contribution in [0.15, 0.2) is 0 Å². The summed E-state index contributed by atoms with van der Waals surface area (Å²) in [5.74, 6) is 0.252. The summed E-state index contributed by atoms with van der Waals surface area (Å²) >= 11 is 0. The predicted octanol–water partition coefficient (Wildman–Crippen LogP) is 1.32. The zero-order chi connectivity index (χ0) is 8.27. The number of rotatable bonds is 1. The lowest BCUT2D eigenvalue weighted by atomic mass is 9.80. The normalized spacial score (nSPS) is 31.5. The maximum atomic E-state index is 11.0. The fraction of sp³-hybridized carbons (Fsp3) is 0.875. The molecule has 2 atom stereocenters. The second-order valence-corrected chi connectivity index (χ2v) is 3.34. The summed E-state index contributed by atoms with van der Waals surface area (Å²) in [6.07, 6.45) is 4.37. The summed E-state index contributed by atoms with van der Waals surface area (Å²) in [5.41, 5.74) is 1.73. The number of carbonyl (C=O) groups excluding carboxylic acids is 1. The van der Waals surface area contributed by atoms with Gasteiger partial charge in [0.2, 0.25) is 5.91 Å². The van der Waals surface area contributed by atoms with E-state index in [-0.39, 0.29) is 11.8 Å². The van der Waals surface area contributed by atoms with Gasteiger partial charge >= 0.3 is 0 Å². The predicted molar refractivity (Wildman–Crippen MR) is 41.1 cm³/mol. The lowest BCUT2D eigenvalue weighted by Gasteiger charge is -2.26. The third-order valence-corrected chi connectivity index (χ3v) is 2.56. The highest BCUT2D eigenvalue weighted by molar-refractivity contribution is 5.77. The first-order valence-electron chi connectivity index (χ1n) is 4.19. The van der Waals surface area contributed by atoms with E-state index in [0.717, 1.165) is 19.3 Å². The molecule has 0 heterocycles. The van der Waals surface area contributed by atoms with Gasteiger partial charge < -0.3 is 0 Å². The van der Waals surface area contributed by atoms with Crippen LogP contribution >= 0.6 is 0 Å². The summed E-state index contributed by atoms with van der Waals surface area (Å²) in [4.78, 5) is 11.0. The van der Waals surface area contributed by atoms with Crippen molar-refractivity contribution in [2.24, 2.45) is 11.8 Å². The highest BCUT2D eigenvalue weighted by Crippen LogP contribution is 2.29. The van der Waals surface area contributed by atoms with Crippen LogP contribution in [0, 0.1) is 11.8 Å². The van der Waals surface area contributed by atoms with E-state index in [2.05, 4.69) is 6.92 Å². The Morgan fingerprint density at radius 2 is 2.09 bits per heavy atom. The van der Waals surface area contributed by atoms with Crippen LogP contribution in [-0.2, 0) is 4.79 Å². The van der Waals surface area contributed by atoms with Crippen molar-refractivity contribution >= 4 is 5.91 Å². The number of hydrogen-bond donors (Lipinski definition) is 2. The zero-order valence-electron chi connectivity index (χ0n) is 6.84. The molecular weight excluding hydrogens is 142 g/mol. The number of nitrogens with one attached hydrogen (secondary N) is 1. The molecule has 0 aromatic heterocycles. The zero-order valence-corrected chi connectivity index (χ0v) is 6.84. The minimum atomic E-state index is -0.211. The van der Waals surface area contributed by atoms with Crippen molar-refractivity contribution in [3.05, 3.63) is 0 Å². The summed E-state index contributed by atoms with van der Waals surface area (Å²) < 4.78 is 0. The molecule has 1 rings (SSSR count). The molecule has 1 aliphatic carbocycles. The van der Waals surface area contributed by atoms with Crippen LogP contribution in [0.2, 0.25) is 0 Å². The molecule has 0 aromatic carbocycles. The van der Waals surface area contributed by atoms with Crippen molar-refractivity contribution in [2.45, 2.75) is 32.6 Å². The van der Waals surface area contributed by atoms with Crippen LogP contribution in [0.25, 0.3) is 0 Å². The molecule has 64 valence electrons. The third-order valence-electron chi connectivity index (χ3n) is 2.56. The standard InChI is InChI=1S/C8H15NO2/c1-6-4-2-3-5-7(6)8(10)9-11/h6-7,11H,2-5H2,1H3,(H,9,10). The molecule has 0 aromatic rings. The molecule has 0 spiro atoms. The van der Waals surface area contributed by atoms with Gasteiger partial charge in [-0.15, -0.1) is 0 Å². The minimum Gasteiger partial charge on any atom is -0.289 e. The Kier molecular flexibility index (Phi) is 2.88. The van der Waals surface area contributed by atoms with Gasteiger partial charge in [-0.1, -0.05) is 19.8 Å². The fourth-order valence-electron chi connectivity index (χ4n) is 1.79. The van der Waals surface area contributed by atoms with Gasteiger partial charge in [-0.3, -0.25) is 10.0 Å². The van der Waals surface area contributed by atoms with Gasteiger partial charge in [-0.05, 0) is 18.8 Å². The number of carbonyl (C=O) groups is 1. The monoisotopic (exact) mass is 157 g/mol. The third kappa shape index (κ3) is 1.93. The van der Waals surface area contributed by atoms with Gasteiger partial charge in [-0.2, -0.15) is 0 Å². The smallest absolute Gasteiger partial charge is 0.246 e. The van der Waals surface area contributed by atoms with Crippen LogP contribution < -0.4 is 5.48 Å². The van der Waals surface area contributed by atoms with E-state index < -0.39 is 0 Å². The molecule has 0 saturated heterocycles. The van der Waals surface area contributed by atoms with Crippen LogP contribution in [0.4, 0.5) is 0 Å². The molecule has 2 unspecified atom stereocenters. The van der Waals surface area contributed by atoms with Crippen molar-refractivity contribution in [1.82, 2.24) is 5.48 Å². The van der Waals surface area contributed by atoms with Gasteiger partial charge in [0.25, 0.3) is 0 Å². The second-order valence-electron chi connectivity index (χ2n) is 3.34. The van der Waals surface area contributed by atoms with Gasteiger partial charge in [0, 0.05) is 5.92 Å². The maximum Gasteiger partial charge on any atom is 0.246 e. The number of amides is 1. The minimum absolute atomic E-state index is 0.0359. The van der Waals surface area contributed by atoms with Crippen molar-refractivity contribution in [1.29, 1.82) is 0 Å². The van der Waals surface area contributed by atoms with E-state index in [9.17, 15) is 4.79 Å². The Morgan fingerprint density at radius 3 is 2.64 bits per heavy atom. The molecule has 0 aliphatic heterocycles. The van der Waals surface area contributed by atoms with Crippen LogP contribution in [0.3, 0.4) is 0 Å². The Hall–Kier alpha value is -0.570. The van der Waals surface area contributed by atoms with E-state index in [1.165, 1.54) is 6.42 Å². The molecule has 1 aliphatic rings. The Labute approximate surface area is 66.7 Å². The van der Waals surface area contributed by atoms with E-state index in [0.29, 0.717) is 5.92 Å². The molecule has 0 bridgehead atoms. The van der Waals surface area contributed by atoms with Crippen molar-refractivity contribution in [3.63, 3.8) is 0 Å². The molecule has 11 heavy (non-hydrogen) atoms.